The molecule has 3 aromatic rings. The zero-order chi connectivity index (χ0) is 19.5. The average molecular weight is 391 g/mol. The highest BCUT2D eigenvalue weighted by Crippen LogP contribution is 2.19. The number of aryl methyl sites for hydroxylation is 1. The minimum absolute atomic E-state index is 0.0170. The van der Waals surface area contributed by atoms with Crippen molar-refractivity contribution in [1.82, 2.24) is 9.88 Å². The van der Waals surface area contributed by atoms with Crippen LogP contribution < -0.4 is 10.1 Å². The van der Waals surface area contributed by atoms with Gasteiger partial charge in [-0.05, 0) is 49.6 Å². The lowest BCUT2D eigenvalue weighted by atomic mass is 10.1. The van der Waals surface area contributed by atoms with E-state index in [1.807, 2.05) is 59.5 Å². The van der Waals surface area contributed by atoms with Crippen LogP contribution in [-0.2, 0) is 6.54 Å². The molecule has 2 aromatic carbocycles. The molecule has 1 fully saturated rings. The highest BCUT2D eigenvalue weighted by molar-refractivity contribution is 7.07. The van der Waals surface area contributed by atoms with Crippen molar-refractivity contribution in [3.8, 4) is 0 Å². The summed E-state index contributed by atoms with van der Waals surface area (Å²) < 4.78 is 1.94. The van der Waals surface area contributed by atoms with E-state index >= 15 is 0 Å². The first-order chi connectivity index (χ1) is 13.6. The van der Waals surface area contributed by atoms with Gasteiger partial charge in [0.05, 0.1) is 0 Å². The summed E-state index contributed by atoms with van der Waals surface area (Å²) in [6.45, 7) is 2.58. The van der Waals surface area contributed by atoms with Crippen molar-refractivity contribution in [2.75, 3.05) is 0 Å². The Kier molecular flexibility index (Phi) is 5.21. The van der Waals surface area contributed by atoms with Gasteiger partial charge in [0.15, 0.2) is 4.80 Å². The van der Waals surface area contributed by atoms with E-state index in [4.69, 9.17) is 0 Å². The fraction of sp³-hybridized carbons (Fsp3) is 0.227. The number of hydrogen-bond acceptors (Lipinski definition) is 3. The van der Waals surface area contributed by atoms with Crippen LogP contribution in [0.25, 0.3) is 0 Å². The van der Waals surface area contributed by atoms with Crippen LogP contribution in [0.2, 0.25) is 0 Å². The van der Waals surface area contributed by atoms with E-state index in [0.717, 1.165) is 24.0 Å². The third-order valence-electron chi connectivity index (χ3n) is 4.64. The van der Waals surface area contributed by atoms with Crippen LogP contribution in [0, 0.1) is 6.92 Å². The summed E-state index contributed by atoms with van der Waals surface area (Å²) in [4.78, 5) is 29.4. The molecule has 1 aliphatic carbocycles. The molecule has 0 spiro atoms. The SMILES string of the molecule is Cc1ccc(C(=O)N=c2sccn2Cc2ccc(C(=O)NC3CC3)cc2)cc1. The van der Waals surface area contributed by atoms with Gasteiger partial charge in [0.25, 0.3) is 11.8 Å². The molecule has 1 aliphatic rings. The Morgan fingerprint density at radius 2 is 1.75 bits per heavy atom. The number of hydrogen-bond donors (Lipinski definition) is 1. The summed E-state index contributed by atoms with van der Waals surface area (Å²) in [6, 6.07) is 15.3. The number of amides is 2. The number of nitrogens with one attached hydrogen (secondary N) is 1. The molecule has 0 saturated heterocycles. The number of aromatic nitrogens is 1. The summed E-state index contributed by atoms with van der Waals surface area (Å²) in [7, 11) is 0. The van der Waals surface area contributed by atoms with E-state index < -0.39 is 0 Å². The van der Waals surface area contributed by atoms with Crippen LogP contribution in [0.1, 0.15) is 44.7 Å². The number of rotatable bonds is 5. The third-order valence-corrected chi connectivity index (χ3v) is 5.43. The molecule has 0 atom stereocenters. The molecule has 28 heavy (non-hydrogen) atoms. The van der Waals surface area contributed by atoms with Gasteiger partial charge in [-0.1, -0.05) is 29.8 Å². The lowest BCUT2D eigenvalue weighted by molar-refractivity contribution is 0.0949. The van der Waals surface area contributed by atoms with Crippen LogP contribution in [0.5, 0.6) is 0 Å². The molecule has 0 bridgehead atoms. The molecule has 1 N–H and O–H groups in total. The summed E-state index contributed by atoms with van der Waals surface area (Å²) in [6.07, 6.45) is 4.07. The van der Waals surface area contributed by atoms with Crippen molar-refractivity contribution < 1.29 is 9.59 Å². The van der Waals surface area contributed by atoms with Gasteiger partial charge in [-0.3, -0.25) is 9.59 Å². The predicted octanol–water partition coefficient (Wildman–Crippen LogP) is 3.54. The Hall–Kier alpha value is -2.99. The van der Waals surface area contributed by atoms with Crippen LogP contribution in [0.15, 0.2) is 65.1 Å². The lowest BCUT2D eigenvalue weighted by Gasteiger charge is -2.06. The zero-order valence-corrected chi connectivity index (χ0v) is 16.4. The Bertz CT molecular complexity index is 1060. The van der Waals surface area contributed by atoms with Gasteiger partial charge in [0.2, 0.25) is 0 Å². The Labute approximate surface area is 167 Å². The standard InChI is InChI=1S/C22H21N3O2S/c1-15-2-6-17(7-3-15)21(27)24-22-25(12-13-28-22)14-16-4-8-18(9-5-16)20(26)23-19-10-11-19/h2-9,12-13,19H,10-11,14H2,1H3,(H,23,26). The second-order valence-corrected chi connectivity index (χ2v) is 7.91. The molecule has 1 saturated carbocycles. The molecule has 1 aromatic heterocycles. The summed E-state index contributed by atoms with van der Waals surface area (Å²) in [5.41, 5.74) is 3.41. The summed E-state index contributed by atoms with van der Waals surface area (Å²) in [5.74, 6) is -0.264. The molecule has 2 amide bonds. The van der Waals surface area contributed by atoms with Crippen molar-refractivity contribution in [2.45, 2.75) is 32.4 Å². The smallest absolute Gasteiger partial charge is 0.279 e. The van der Waals surface area contributed by atoms with Gasteiger partial charge in [-0.2, -0.15) is 4.99 Å². The van der Waals surface area contributed by atoms with Gasteiger partial charge in [0.1, 0.15) is 0 Å². The van der Waals surface area contributed by atoms with E-state index in [1.54, 1.807) is 12.1 Å². The third kappa shape index (κ3) is 4.46. The molecule has 0 unspecified atom stereocenters. The minimum atomic E-state index is -0.247. The Morgan fingerprint density at radius 1 is 1.07 bits per heavy atom. The van der Waals surface area contributed by atoms with E-state index in [9.17, 15) is 9.59 Å². The first kappa shape index (κ1) is 18.4. The van der Waals surface area contributed by atoms with Crippen LogP contribution in [-0.4, -0.2) is 22.4 Å². The second-order valence-electron chi connectivity index (χ2n) is 7.04. The van der Waals surface area contributed by atoms with Gasteiger partial charge >= 0.3 is 0 Å². The van der Waals surface area contributed by atoms with Crippen molar-refractivity contribution in [1.29, 1.82) is 0 Å². The number of benzene rings is 2. The molecular weight excluding hydrogens is 370 g/mol. The molecule has 1 heterocycles. The number of carbonyl (C=O) groups excluding carboxylic acids is 2. The van der Waals surface area contributed by atoms with Crippen LogP contribution in [0.4, 0.5) is 0 Å². The fourth-order valence-corrected chi connectivity index (χ4v) is 3.54. The topological polar surface area (TPSA) is 63.5 Å². The first-order valence-corrected chi connectivity index (χ1v) is 10.2. The number of thiazole rings is 1. The summed E-state index contributed by atoms with van der Waals surface area (Å²) >= 11 is 1.43. The van der Waals surface area contributed by atoms with E-state index in [0.29, 0.717) is 28.5 Å². The fourth-order valence-electron chi connectivity index (χ4n) is 2.81. The van der Waals surface area contributed by atoms with Crippen molar-refractivity contribution in [3.63, 3.8) is 0 Å². The van der Waals surface area contributed by atoms with Gasteiger partial charge in [-0.25, -0.2) is 0 Å². The molecule has 0 radical (unpaired) electrons. The normalized spacial score (nSPS) is 14.1. The molecule has 142 valence electrons. The monoisotopic (exact) mass is 391 g/mol. The maximum atomic E-state index is 12.4. The van der Waals surface area contributed by atoms with E-state index in [1.165, 1.54) is 11.3 Å². The minimum Gasteiger partial charge on any atom is -0.349 e. The largest absolute Gasteiger partial charge is 0.349 e. The van der Waals surface area contributed by atoms with E-state index in [2.05, 4.69) is 10.3 Å². The quantitative estimate of drug-likeness (QED) is 0.723. The second kappa shape index (κ2) is 7.94. The Morgan fingerprint density at radius 3 is 2.43 bits per heavy atom. The molecule has 5 nitrogen and oxygen atoms in total. The Balaban J connectivity index is 1.48. The van der Waals surface area contributed by atoms with E-state index in [-0.39, 0.29) is 11.8 Å². The average Bonchev–Trinajstić information content (AvgIpc) is 3.41. The predicted molar refractivity (Wildman–Crippen MR) is 109 cm³/mol. The maximum absolute atomic E-state index is 12.4. The molecule has 0 aliphatic heterocycles. The lowest BCUT2D eigenvalue weighted by Crippen LogP contribution is -2.25. The number of carbonyl (C=O) groups is 2. The highest BCUT2D eigenvalue weighted by atomic mass is 32.1. The first-order valence-electron chi connectivity index (χ1n) is 9.28. The zero-order valence-electron chi connectivity index (χ0n) is 15.6. The van der Waals surface area contributed by atoms with Crippen LogP contribution >= 0.6 is 11.3 Å². The van der Waals surface area contributed by atoms with Crippen molar-refractivity contribution in [2.24, 2.45) is 4.99 Å². The van der Waals surface area contributed by atoms with Gasteiger partial charge in [0, 0.05) is 35.3 Å². The molecule has 6 heteroatoms. The summed E-state index contributed by atoms with van der Waals surface area (Å²) in [5, 5.41) is 4.91. The molecular formula is C22H21N3O2S. The van der Waals surface area contributed by atoms with Gasteiger partial charge in [-0.15, -0.1) is 11.3 Å². The van der Waals surface area contributed by atoms with Crippen LogP contribution in [0.3, 0.4) is 0 Å². The van der Waals surface area contributed by atoms with Gasteiger partial charge < -0.3 is 9.88 Å². The van der Waals surface area contributed by atoms with Crippen molar-refractivity contribution >= 4 is 23.2 Å². The molecule has 4 rings (SSSR count). The highest BCUT2D eigenvalue weighted by Gasteiger charge is 2.23. The van der Waals surface area contributed by atoms with Crippen molar-refractivity contribution in [3.05, 3.63) is 87.2 Å². The maximum Gasteiger partial charge on any atom is 0.279 e. The number of nitrogens with zero attached hydrogens (tertiary/aromatic N) is 2.